The number of ether oxygens (including phenoxy) is 1. The molecular formula is C21H38IN5O. The molecule has 0 saturated carbocycles. The molecule has 1 N–H and O–H groups in total. The number of anilines is 1. The van der Waals surface area contributed by atoms with Gasteiger partial charge in [-0.05, 0) is 52.4 Å². The Balaban J connectivity index is 0.00000392. The van der Waals surface area contributed by atoms with Crippen LogP contribution in [0.15, 0.2) is 29.3 Å². The number of guanidine groups is 1. The number of benzene rings is 1. The summed E-state index contributed by atoms with van der Waals surface area (Å²) >= 11 is 0. The van der Waals surface area contributed by atoms with E-state index in [-0.39, 0.29) is 24.0 Å². The van der Waals surface area contributed by atoms with Gasteiger partial charge < -0.3 is 24.8 Å². The Morgan fingerprint density at radius 3 is 2.54 bits per heavy atom. The molecule has 2 rings (SSSR count). The average Bonchev–Trinajstić information content (AvgIpc) is 2.70. The topological polar surface area (TPSA) is 43.3 Å². The van der Waals surface area contributed by atoms with Crippen molar-refractivity contribution in [3.8, 4) is 5.75 Å². The van der Waals surface area contributed by atoms with Crippen LogP contribution in [0.2, 0.25) is 0 Å². The fourth-order valence-corrected chi connectivity index (χ4v) is 3.26. The predicted octanol–water partition coefficient (Wildman–Crippen LogP) is 3.13. The number of hydrogen-bond donors (Lipinski definition) is 1. The van der Waals surface area contributed by atoms with Crippen LogP contribution in [-0.4, -0.2) is 82.3 Å². The van der Waals surface area contributed by atoms with Crippen molar-refractivity contribution >= 4 is 35.6 Å². The van der Waals surface area contributed by atoms with Crippen molar-refractivity contribution in [2.24, 2.45) is 4.99 Å². The molecule has 7 heteroatoms. The minimum Gasteiger partial charge on any atom is -0.497 e. The highest BCUT2D eigenvalue weighted by molar-refractivity contribution is 14.0. The second-order valence-corrected chi connectivity index (χ2v) is 7.43. The van der Waals surface area contributed by atoms with Crippen LogP contribution in [0, 0.1) is 0 Å². The lowest BCUT2D eigenvalue weighted by Crippen LogP contribution is -2.52. The van der Waals surface area contributed by atoms with Crippen molar-refractivity contribution in [3.63, 3.8) is 0 Å². The maximum Gasteiger partial charge on any atom is 0.193 e. The molecule has 1 aromatic carbocycles. The smallest absolute Gasteiger partial charge is 0.193 e. The molecule has 0 aliphatic carbocycles. The third-order valence-electron chi connectivity index (χ3n) is 5.31. The number of unbranched alkanes of at least 4 members (excludes halogenated alkanes) is 1. The number of halogens is 1. The molecule has 1 aliphatic rings. The standard InChI is InChI=1S/C21H37N5O.HI/c1-18(2)24(4)12-7-6-11-23-21(22-3)26-15-13-25(14-16-26)19-9-8-10-20(17-19)27-5;/h8-10,17-18H,6-7,11-16H2,1-5H3,(H,22,23);1H. The molecule has 0 atom stereocenters. The Labute approximate surface area is 188 Å². The first-order valence-corrected chi connectivity index (χ1v) is 10.1. The van der Waals surface area contributed by atoms with Crippen LogP contribution in [0.5, 0.6) is 5.75 Å². The molecule has 1 aromatic rings. The molecule has 0 aromatic heterocycles. The number of aliphatic imine (C=N–C) groups is 1. The number of piperazine rings is 1. The minimum absolute atomic E-state index is 0. The third-order valence-corrected chi connectivity index (χ3v) is 5.31. The second-order valence-electron chi connectivity index (χ2n) is 7.43. The molecule has 0 amide bonds. The van der Waals surface area contributed by atoms with Gasteiger partial charge in [-0.15, -0.1) is 24.0 Å². The van der Waals surface area contributed by atoms with E-state index in [9.17, 15) is 0 Å². The second kappa shape index (κ2) is 13.1. The van der Waals surface area contributed by atoms with Gasteiger partial charge >= 0.3 is 0 Å². The zero-order valence-electron chi connectivity index (χ0n) is 18.1. The van der Waals surface area contributed by atoms with Crippen LogP contribution in [0.25, 0.3) is 0 Å². The Morgan fingerprint density at radius 1 is 1.21 bits per heavy atom. The molecule has 0 radical (unpaired) electrons. The largest absolute Gasteiger partial charge is 0.497 e. The lowest BCUT2D eigenvalue weighted by molar-refractivity contribution is 0.268. The number of hydrogen-bond acceptors (Lipinski definition) is 4. The maximum atomic E-state index is 5.35. The lowest BCUT2D eigenvalue weighted by Gasteiger charge is -2.37. The highest BCUT2D eigenvalue weighted by Gasteiger charge is 2.19. The van der Waals surface area contributed by atoms with Gasteiger partial charge in [0.15, 0.2) is 5.96 Å². The number of nitrogens with zero attached hydrogens (tertiary/aromatic N) is 4. The van der Waals surface area contributed by atoms with E-state index in [1.165, 1.54) is 18.5 Å². The zero-order chi connectivity index (χ0) is 19.6. The predicted molar refractivity (Wildman–Crippen MR) is 131 cm³/mol. The molecule has 1 saturated heterocycles. The van der Waals surface area contributed by atoms with Crippen LogP contribution in [0.3, 0.4) is 0 Å². The van der Waals surface area contributed by atoms with Crippen LogP contribution < -0.4 is 15.0 Å². The molecule has 1 heterocycles. The summed E-state index contributed by atoms with van der Waals surface area (Å²) < 4.78 is 5.35. The van der Waals surface area contributed by atoms with Crippen LogP contribution >= 0.6 is 24.0 Å². The monoisotopic (exact) mass is 503 g/mol. The Morgan fingerprint density at radius 2 is 1.93 bits per heavy atom. The van der Waals surface area contributed by atoms with Gasteiger partial charge in [-0.2, -0.15) is 0 Å². The van der Waals surface area contributed by atoms with Gasteiger partial charge in [-0.25, -0.2) is 0 Å². The van der Waals surface area contributed by atoms with E-state index in [1.54, 1.807) is 7.11 Å². The molecule has 0 unspecified atom stereocenters. The summed E-state index contributed by atoms with van der Waals surface area (Å²) in [5.41, 5.74) is 1.23. The number of nitrogens with one attached hydrogen (secondary N) is 1. The fraction of sp³-hybridized carbons (Fsp3) is 0.667. The summed E-state index contributed by atoms with van der Waals surface area (Å²) in [4.78, 5) is 11.6. The fourth-order valence-electron chi connectivity index (χ4n) is 3.26. The number of methoxy groups -OCH3 is 1. The van der Waals surface area contributed by atoms with Crippen LogP contribution in [-0.2, 0) is 0 Å². The SMILES string of the molecule is CN=C(NCCCCN(C)C(C)C)N1CCN(c2cccc(OC)c2)CC1.I. The summed E-state index contributed by atoms with van der Waals surface area (Å²) in [6.45, 7) is 10.6. The van der Waals surface area contributed by atoms with E-state index in [1.807, 2.05) is 13.1 Å². The van der Waals surface area contributed by atoms with Crippen molar-refractivity contribution < 1.29 is 4.74 Å². The van der Waals surface area contributed by atoms with Gasteiger partial charge in [0.05, 0.1) is 7.11 Å². The Bertz CT molecular complexity index is 588. The lowest BCUT2D eigenvalue weighted by atomic mass is 10.2. The first-order valence-electron chi connectivity index (χ1n) is 10.1. The first kappa shape index (κ1) is 24.8. The zero-order valence-corrected chi connectivity index (χ0v) is 20.5. The van der Waals surface area contributed by atoms with Gasteiger partial charge in [0.2, 0.25) is 0 Å². The summed E-state index contributed by atoms with van der Waals surface area (Å²) in [7, 11) is 5.79. The van der Waals surface area contributed by atoms with Crippen molar-refractivity contribution in [2.75, 3.05) is 65.4 Å². The molecular weight excluding hydrogens is 465 g/mol. The van der Waals surface area contributed by atoms with Crippen LogP contribution in [0.1, 0.15) is 26.7 Å². The first-order chi connectivity index (χ1) is 13.0. The van der Waals surface area contributed by atoms with Gasteiger partial charge in [-0.3, -0.25) is 4.99 Å². The van der Waals surface area contributed by atoms with Crippen molar-refractivity contribution in [3.05, 3.63) is 24.3 Å². The van der Waals surface area contributed by atoms with Crippen molar-refractivity contribution in [1.82, 2.24) is 15.1 Å². The highest BCUT2D eigenvalue weighted by Crippen LogP contribution is 2.22. The summed E-state index contributed by atoms with van der Waals surface area (Å²) in [6.07, 6.45) is 2.38. The summed E-state index contributed by atoms with van der Waals surface area (Å²) in [6, 6.07) is 8.92. The van der Waals surface area contributed by atoms with E-state index in [2.05, 4.69) is 64.1 Å². The quantitative estimate of drug-likeness (QED) is 0.256. The van der Waals surface area contributed by atoms with Gasteiger partial charge in [0.1, 0.15) is 5.75 Å². The highest BCUT2D eigenvalue weighted by atomic mass is 127. The third kappa shape index (κ3) is 7.66. The average molecular weight is 503 g/mol. The molecule has 28 heavy (non-hydrogen) atoms. The molecule has 0 bridgehead atoms. The van der Waals surface area contributed by atoms with E-state index in [4.69, 9.17) is 4.74 Å². The van der Waals surface area contributed by atoms with Gasteiger partial charge in [0, 0.05) is 57.6 Å². The van der Waals surface area contributed by atoms with Gasteiger partial charge in [0.25, 0.3) is 0 Å². The molecule has 6 nitrogen and oxygen atoms in total. The van der Waals surface area contributed by atoms with E-state index in [0.717, 1.165) is 51.0 Å². The normalized spacial score (nSPS) is 15.0. The summed E-state index contributed by atoms with van der Waals surface area (Å²) in [5.74, 6) is 1.94. The van der Waals surface area contributed by atoms with E-state index in [0.29, 0.717) is 6.04 Å². The molecule has 1 fully saturated rings. The maximum absolute atomic E-state index is 5.35. The molecule has 1 aliphatic heterocycles. The van der Waals surface area contributed by atoms with E-state index >= 15 is 0 Å². The van der Waals surface area contributed by atoms with E-state index < -0.39 is 0 Å². The Hall–Kier alpha value is -1.22. The molecule has 160 valence electrons. The van der Waals surface area contributed by atoms with Crippen LogP contribution in [0.4, 0.5) is 5.69 Å². The minimum atomic E-state index is 0. The molecule has 0 spiro atoms. The van der Waals surface area contributed by atoms with Crippen molar-refractivity contribution in [1.29, 1.82) is 0 Å². The Kier molecular flexibility index (Phi) is 11.6. The summed E-state index contributed by atoms with van der Waals surface area (Å²) in [5, 5.41) is 3.53. The van der Waals surface area contributed by atoms with Gasteiger partial charge in [-0.1, -0.05) is 6.07 Å². The van der Waals surface area contributed by atoms with Crippen molar-refractivity contribution in [2.45, 2.75) is 32.7 Å². The number of rotatable bonds is 8.